The zero-order valence-electron chi connectivity index (χ0n) is 14.9. The van der Waals surface area contributed by atoms with Gasteiger partial charge in [0.2, 0.25) is 0 Å². The van der Waals surface area contributed by atoms with Crippen molar-refractivity contribution in [1.82, 2.24) is 15.2 Å². The predicted octanol–water partition coefficient (Wildman–Crippen LogP) is 4.49. The quantitative estimate of drug-likeness (QED) is 0.704. The molecule has 2 aromatic heterocycles. The van der Waals surface area contributed by atoms with Crippen molar-refractivity contribution in [2.75, 3.05) is 26.7 Å². The number of likely N-dealkylation sites (tertiary alicyclic amines) is 1. The molecule has 0 unspecified atom stereocenters. The Morgan fingerprint density at radius 1 is 1.19 bits per heavy atom. The third-order valence-corrected chi connectivity index (χ3v) is 7.30. The van der Waals surface area contributed by atoms with Gasteiger partial charge >= 0.3 is 0 Å². The van der Waals surface area contributed by atoms with E-state index in [1.165, 1.54) is 11.1 Å². The molecular formula is C20H23N3OS2. The second-order valence-corrected chi connectivity index (χ2v) is 8.89. The van der Waals surface area contributed by atoms with Crippen LogP contribution in [0, 0.1) is 5.92 Å². The van der Waals surface area contributed by atoms with Crippen molar-refractivity contribution in [2.45, 2.75) is 19.3 Å². The molecule has 1 fully saturated rings. The van der Waals surface area contributed by atoms with Crippen molar-refractivity contribution >= 4 is 38.8 Å². The first kappa shape index (κ1) is 17.6. The number of para-hydroxylation sites is 1. The van der Waals surface area contributed by atoms with Crippen molar-refractivity contribution in [1.29, 1.82) is 0 Å². The van der Waals surface area contributed by atoms with E-state index in [0.717, 1.165) is 58.7 Å². The monoisotopic (exact) mass is 385 g/mol. The van der Waals surface area contributed by atoms with Gasteiger partial charge in [0.15, 0.2) is 0 Å². The van der Waals surface area contributed by atoms with Crippen LogP contribution >= 0.6 is 22.7 Å². The summed E-state index contributed by atoms with van der Waals surface area (Å²) in [6, 6.07) is 12.2. The summed E-state index contributed by atoms with van der Waals surface area (Å²) >= 11 is 3.25. The van der Waals surface area contributed by atoms with Gasteiger partial charge in [-0.15, -0.1) is 22.7 Å². The van der Waals surface area contributed by atoms with Crippen molar-refractivity contribution < 1.29 is 4.79 Å². The second-order valence-electron chi connectivity index (χ2n) is 6.78. The highest BCUT2D eigenvalue weighted by atomic mass is 32.1. The SMILES string of the molecule is CNCCC1CCN(C(=O)c2ccc(-c3nc4ccccc4s3)s2)CC1. The number of benzene rings is 1. The highest BCUT2D eigenvalue weighted by Gasteiger charge is 2.24. The molecule has 1 saturated heterocycles. The summed E-state index contributed by atoms with van der Waals surface area (Å²) in [4.78, 5) is 21.5. The number of nitrogens with one attached hydrogen (secondary N) is 1. The second kappa shape index (κ2) is 7.86. The lowest BCUT2D eigenvalue weighted by molar-refractivity contribution is 0.0692. The Labute approximate surface area is 161 Å². The lowest BCUT2D eigenvalue weighted by atomic mass is 9.93. The Morgan fingerprint density at radius 3 is 2.77 bits per heavy atom. The summed E-state index contributed by atoms with van der Waals surface area (Å²) in [6.45, 7) is 2.82. The van der Waals surface area contributed by atoms with E-state index < -0.39 is 0 Å². The third kappa shape index (κ3) is 3.68. The fraction of sp³-hybridized carbons (Fsp3) is 0.400. The molecule has 0 aliphatic carbocycles. The van der Waals surface area contributed by atoms with Crippen LogP contribution < -0.4 is 5.32 Å². The minimum absolute atomic E-state index is 0.175. The average Bonchev–Trinajstić information content (AvgIpc) is 3.33. The number of amides is 1. The van der Waals surface area contributed by atoms with Crippen LogP contribution in [0.1, 0.15) is 28.9 Å². The fourth-order valence-electron chi connectivity index (χ4n) is 3.47. The van der Waals surface area contributed by atoms with E-state index in [9.17, 15) is 4.79 Å². The van der Waals surface area contributed by atoms with Crippen molar-refractivity contribution in [3.63, 3.8) is 0 Å². The molecule has 0 radical (unpaired) electrons. The number of aromatic nitrogens is 1. The molecule has 1 N–H and O–H groups in total. The van der Waals surface area contributed by atoms with Crippen LogP contribution in [0.2, 0.25) is 0 Å². The molecular weight excluding hydrogens is 362 g/mol. The summed E-state index contributed by atoms with van der Waals surface area (Å²) in [6.07, 6.45) is 3.44. The number of thiazole rings is 1. The van der Waals surface area contributed by atoms with Gasteiger partial charge in [0.05, 0.1) is 20.0 Å². The number of piperidine rings is 1. The number of carbonyl (C=O) groups is 1. The standard InChI is InChI=1S/C20H23N3OS2/c1-21-11-8-14-9-12-23(13-10-14)20(24)18-7-6-17(25-18)19-22-15-4-2-3-5-16(15)26-19/h2-7,14,21H,8-13H2,1H3. The maximum Gasteiger partial charge on any atom is 0.263 e. The number of hydrogen-bond donors (Lipinski definition) is 1. The first-order chi connectivity index (χ1) is 12.7. The van der Waals surface area contributed by atoms with Gasteiger partial charge in [0, 0.05) is 13.1 Å². The lowest BCUT2D eigenvalue weighted by Crippen LogP contribution is -2.38. The summed E-state index contributed by atoms with van der Waals surface area (Å²) in [7, 11) is 2.00. The summed E-state index contributed by atoms with van der Waals surface area (Å²) < 4.78 is 1.19. The number of nitrogens with zero attached hydrogens (tertiary/aromatic N) is 2. The molecule has 1 aliphatic heterocycles. The molecule has 0 spiro atoms. The Kier molecular flexibility index (Phi) is 5.33. The van der Waals surface area contributed by atoms with Crippen molar-refractivity contribution in [3.8, 4) is 9.88 Å². The number of hydrogen-bond acceptors (Lipinski definition) is 5. The Bertz CT molecular complexity index is 860. The molecule has 1 aliphatic rings. The predicted molar refractivity (Wildman–Crippen MR) is 110 cm³/mol. The Hall–Kier alpha value is -1.76. The smallest absolute Gasteiger partial charge is 0.263 e. The summed E-state index contributed by atoms with van der Waals surface area (Å²) in [5.74, 6) is 0.919. The maximum absolute atomic E-state index is 12.8. The molecule has 0 saturated carbocycles. The fourth-order valence-corrected chi connectivity index (χ4v) is 5.47. The topological polar surface area (TPSA) is 45.2 Å². The molecule has 4 nitrogen and oxygen atoms in total. The van der Waals surface area contributed by atoms with E-state index in [1.807, 2.05) is 42.3 Å². The minimum Gasteiger partial charge on any atom is -0.338 e. The van der Waals surface area contributed by atoms with Gasteiger partial charge < -0.3 is 10.2 Å². The first-order valence-electron chi connectivity index (χ1n) is 9.14. The highest BCUT2D eigenvalue weighted by Crippen LogP contribution is 2.35. The van der Waals surface area contributed by atoms with Crippen LogP contribution in [0.3, 0.4) is 0 Å². The van der Waals surface area contributed by atoms with Gasteiger partial charge in [-0.25, -0.2) is 4.98 Å². The molecule has 0 atom stereocenters. The van der Waals surface area contributed by atoms with Gasteiger partial charge in [0.25, 0.3) is 5.91 Å². The normalized spacial score (nSPS) is 15.7. The number of rotatable bonds is 5. The molecule has 6 heteroatoms. The molecule has 3 aromatic rings. The zero-order valence-corrected chi connectivity index (χ0v) is 16.5. The average molecular weight is 386 g/mol. The molecule has 136 valence electrons. The third-order valence-electron chi connectivity index (χ3n) is 5.03. The van der Waals surface area contributed by atoms with Gasteiger partial charge in [-0.2, -0.15) is 0 Å². The van der Waals surface area contributed by atoms with E-state index in [0.29, 0.717) is 0 Å². The largest absolute Gasteiger partial charge is 0.338 e. The van der Waals surface area contributed by atoms with Crippen LogP contribution in [0.15, 0.2) is 36.4 Å². The highest BCUT2D eigenvalue weighted by molar-refractivity contribution is 7.26. The van der Waals surface area contributed by atoms with E-state index in [-0.39, 0.29) is 5.91 Å². The van der Waals surface area contributed by atoms with E-state index in [4.69, 9.17) is 4.98 Å². The molecule has 3 heterocycles. The van der Waals surface area contributed by atoms with Crippen LogP contribution in [-0.4, -0.2) is 42.5 Å². The molecule has 0 bridgehead atoms. The van der Waals surface area contributed by atoms with E-state index >= 15 is 0 Å². The Morgan fingerprint density at radius 2 is 2.00 bits per heavy atom. The minimum atomic E-state index is 0.175. The van der Waals surface area contributed by atoms with Crippen LogP contribution in [-0.2, 0) is 0 Å². The zero-order chi connectivity index (χ0) is 17.9. The molecule has 1 amide bonds. The van der Waals surface area contributed by atoms with Gasteiger partial charge in [-0.05, 0) is 63.0 Å². The Balaban J connectivity index is 1.43. The summed E-state index contributed by atoms with van der Waals surface area (Å²) in [5, 5.41) is 4.22. The molecule has 26 heavy (non-hydrogen) atoms. The summed E-state index contributed by atoms with van der Waals surface area (Å²) in [5.41, 5.74) is 1.03. The van der Waals surface area contributed by atoms with Gasteiger partial charge in [0.1, 0.15) is 5.01 Å². The van der Waals surface area contributed by atoms with Crippen molar-refractivity contribution in [3.05, 3.63) is 41.3 Å². The van der Waals surface area contributed by atoms with Crippen LogP contribution in [0.25, 0.3) is 20.1 Å². The maximum atomic E-state index is 12.8. The number of thiophene rings is 1. The molecule has 4 rings (SSSR count). The number of carbonyl (C=O) groups excluding carboxylic acids is 1. The van der Waals surface area contributed by atoms with Crippen molar-refractivity contribution in [2.24, 2.45) is 5.92 Å². The van der Waals surface area contributed by atoms with Crippen LogP contribution in [0.4, 0.5) is 0 Å². The molecule has 1 aromatic carbocycles. The van der Waals surface area contributed by atoms with Crippen LogP contribution in [0.5, 0.6) is 0 Å². The van der Waals surface area contributed by atoms with E-state index in [2.05, 4.69) is 11.4 Å². The van der Waals surface area contributed by atoms with Gasteiger partial charge in [-0.3, -0.25) is 4.79 Å². The first-order valence-corrected chi connectivity index (χ1v) is 10.8. The van der Waals surface area contributed by atoms with Gasteiger partial charge in [-0.1, -0.05) is 12.1 Å². The lowest BCUT2D eigenvalue weighted by Gasteiger charge is -2.31. The number of fused-ring (bicyclic) bond motifs is 1. The van der Waals surface area contributed by atoms with E-state index in [1.54, 1.807) is 22.7 Å².